The van der Waals surface area contributed by atoms with Crippen molar-refractivity contribution in [2.45, 2.75) is 35.1 Å². The highest BCUT2D eigenvalue weighted by atomic mass is 35.5. The van der Waals surface area contributed by atoms with Gasteiger partial charge in [0.15, 0.2) is 0 Å². The Balaban J connectivity index is 1.51. The Labute approximate surface area is 229 Å². The van der Waals surface area contributed by atoms with Gasteiger partial charge in [-0.25, -0.2) is 0 Å². The monoisotopic (exact) mass is 548 g/mol. The van der Waals surface area contributed by atoms with E-state index in [1.165, 1.54) is 16.7 Å². The normalized spacial score (nSPS) is 20.8. The third-order valence-electron chi connectivity index (χ3n) is 6.40. The number of nitrogens with zero attached hydrogens (tertiary/aromatic N) is 1. The molecule has 194 valence electrons. The molecule has 10 heteroatoms. The summed E-state index contributed by atoms with van der Waals surface area (Å²) < 4.78 is 0. The molecule has 38 heavy (non-hydrogen) atoms. The van der Waals surface area contributed by atoms with E-state index in [2.05, 4.69) is 16.0 Å². The first-order valence-electron chi connectivity index (χ1n) is 12.2. The highest BCUT2D eigenvalue weighted by Gasteiger charge is 2.41. The van der Waals surface area contributed by atoms with Gasteiger partial charge in [-0.3, -0.25) is 19.2 Å². The maximum Gasteiger partial charge on any atom is 0.251 e. The van der Waals surface area contributed by atoms with Gasteiger partial charge < -0.3 is 20.9 Å². The first kappa shape index (κ1) is 25.8. The molecule has 0 aromatic heterocycles. The molecule has 0 aliphatic carbocycles. The smallest absolute Gasteiger partial charge is 0.251 e. The van der Waals surface area contributed by atoms with Crippen LogP contribution in [0.15, 0.2) is 83.8 Å². The zero-order valence-electron chi connectivity index (χ0n) is 20.2. The number of carbonyl (C=O) groups is 4. The van der Waals surface area contributed by atoms with Gasteiger partial charge in [-0.05, 0) is 42.3 Å². The minimum Gasteiger partial charge on any atom is -0.344 e. The van der Waals surface area contributed by atoms with Crippen molar-refractivity contribution in [3.8, 4) is 0 Å². The fourth-order valence-corrected chi connectivity index (χ4v) is 6.18. The molecule has 2 aliphatic rings. The fourth-order valence-electron chi connectivity index (χ4n) is 4.56. The largest absolute Gasteiger partial charge is 0.344 e. The molecular weight excluding hydrogens is 524 g/mol. The van der Waals surface area contributed by atoms with Crippen molar-refractivity contribution in [3.05, 3.63) is 89.4 Å². The highest BCUT2D eigenvalue weighted by Crippen LogP contribution is 2.46. The van der Waals surface area contributed by atoms with Crippen molar-refractivity contribution in [2.24, 2.45) is 0 Å². The molecule has 2 heterocycles. The molecule has 3 atom stereocenters. The Hall–Kier alpha value is -3.82. The van der Waals surface area contributed by atoms with E-state index in [4.69, 9.17) is 11.6 Å². The average molecular weight is 549 g/mol. The minimum absolute atomic E-state index is 0.201. The Morgan fingerprint density at radius 3 is 2.39 bits per heavy atom. The van der Waals surface area contributed by atoms with E-state index < -0.39 is 29.1 Å². The van der Waals surface area contributed by atoms with Gasteiger partial charge in [0.25, 0.3) is 5.91 Å². The van der Waals surface area contributed by atoms with Crippen molar-refractivity contribution in [3.63, 3.8) is 0 Å². The van der Waals surface area contributed by atoms with Crippen LogP contribution in [0.4, 0.5) is 11.4 Å². The summed E-state index contributed by atoms with van der Waals surface area (Å²) >= 11 is 7.73. The van der Waals surface area contributed by atoms with Gasteiger partial charge in [-0.2, -0.15) is 0 Å². The number of hydrogen-bond acceptors (Lipinski definition) is 5. The lowest BCUT2D eigenvalue weighted by Crippen LogP contribution is -2.55. The molecule has 1 fully saturated rings. The first-order valence-corrected chi connectivity index (χ1v) is 13.4. The predicted molar refractivity (Wildman–Crippen MR) is 147 cm³/mol. The summed E-state index contributed by atoms with van der Waals surface area (Å²) in [4.78, 5) is 54.3. The lowest BCUT2D eigenvalue weighted by Gasteiger charge is -2.29. The van der Waals surface area contributed by atoms with Crippen molar-refractivity contribution in [1.29, 1.82) is 0 Å². The number of amides is 4. The van der Waals surface area contributed by atoms with Gasteiger partial charge in [0.1, 0.15) is 18.6 Å². The van der Waals surface area contributed by atoms with E-state index in [0.29, 0.717) is 27.7 Å². The number of nitrogens with one attached hydrogen (secondary N) is 3. The lowest BCUT2D eigenvalue weighted by molar-refractivity contribution is -0.129. The third kappa shape index (κ3) is 5.69. The molecule has 0 saturated carbocycles. The zero-order chi connectivity index (χ0) is 26.6. The van der Waals surface area contributed by atoms with Crippen LogP contribution < -0.4 is 20.9 Å². The molecule has 0 bridgehead atoms. The summed E-state index contributed by atoms with van der Waals surface area (Å²) in [6.45, 7) is -0.267. The number of carbonyl (C=O) groups excluding carboxylic acids is 4. The Kier molecular flexibility index (Phi) is 7.67. The van der Waals surface area contributed by atoms with Crippen LogP contribution in [-0.4, -0.2) is 42.3 Å². The van der Waals surface area contributed by atoms with Crippen LogP contribution in [0.5, 0.6) is 0 Å². The van der Waals surface area contributed by atoms with Crippen molar-refractivity contribution < 1.29 is 19.2 Å². The van der Waals surface area contributed by atoms with Crippen LogP contribution in [0.1, 0.15) is 23.7 Å². The van der Waals surface area contributed by atoms with Crippen LogP contribution in [0.25, 0.3) is 0 Å². The topological polar surface area (TPSA) is 108 Å². The Morgan fingerprint density at radius 1 is 1.00 bits per heavy atom. The van der Waals surface area contributed by atoms with Gasteiger partial charge in [0.05, 0.1) is 10.9 Å². The van der Waals surface area contributed by atoms with E-state index in [1.807, 2.05) is 36.4 Å². The SMILES string of the molecule is O=C(CN1C(=O)[C@H](NC(=O)[C@@H]2CCC(=O)N2)[C@@H](c2ccccc2)Sc2cc(Cl)ccc21)Nc1ccccc1. The van der Waals surface area contributed by atoms with Crippen LogP contribution in [0, 0.1) is 0 Å². The van der Waals surface area contributed by atoms with E-state index in [9.17, 15) is 19.2 Å². The molecule has 5 rings (SSSR count). The molecule has 3 N–H and O–H groups in total. The van der Waals surface area contributed by atoms with Crippen molar-refractivity contribution >= 4 is 58.4 Å². The summed E-state index contributed by atoms with van der Waals surface area (Å²) in [6.07, 6.45) is 0.608. The van der Waals surface area contributed by atoms with Gasteiger partial charge in [0.2, 0.25) is 17.7 Å². The average Bonchev–Trinajstić information content (AvgIpc) is 3.32. The summed E-state index contributed by atoms with van der Waals surface area (Å²) in [5.74, 6) is -1.46. The van der Waals surface area contributed by atoms with E-state index in [0.717, 1.165) is 5.56 Å². The number of para-hydroxylation sites is 1. The second-order valence-electron chi connectivity index (χ2n) is 9.04. The van der Waals surface area contributed by atoms with E-state index in [-0.39, 0.29) is 24.8 Å². The van der Waals surface area contributed by atoms with E-state index >= 15 is 0 Å². The maximum absolute atomic E-state index is 14.2. The number of benzene rings is 3. The summed E-state index contributed by atoms with van der Waals surface area (Å²) in [6, 6.07) is 21.8. The maximum atomic E-state index is 14.2. The first-order chi connectivity index (χ1) is 18.4. The van der Waals surface area contributed by atoms with Crippen molar-refractivity contribution in [2.75, 3.05) is 16.8 Å². The van der Waals surface area contributed by atoms with E-state index in [1.54, 1.807) is 42.5 Å². The van der Waals surface area contributed by atoms with Crippen LogP contribution in [0.3, 0.4) is 0 Å². The molecular formula is C28H25ClN4O4S. The summed E-state index contributed by atoms with van der Waals surface area (Å²) in [7, 11) is 0. The second-order valence-corrected chi connectivity index (χ2v) is 10.7. The molecule has 3 aromatic rings. The molecule has 0 unspecified atom stereocenters. The standard InChI is InChI=1S/C28H25ClN4O4S/c29-18-11-13-21-22(15-18)38-26(17-7-3-1-4-8-17)25(32-27(36)20-12-14-23(34)31-20)28(37)33(21)16-24(35)30-19-9-5-2-6-10-19/h1-11,13,15,20,25-26H,12,14,16H2,(H,30,35)(H,31,34)(H,32,36)/t20-,25+,26+/m0/s1. The van der Waals surface area contributed by atoms with Crippen LogP contribution in [-0.2, 0) is 19.2 Å². The molecule has 2 aliphatic heterocycles. The van der Waals surface area contributed by atoms with Crippen LogP contribution in [0.2, 0.25) is 5.02 Å². The number of anilines is 2. The van der Waals surface area contributed by atoms with Gasteiger partial charge in [-0.1, -0.05) is 60.1 Å². The molecule has 8 nitrogen and oxygen atoms in total. The van der Waals surface area contributed by atoms with Gasteiger partial charge >= 0.3 is 0 Å². The minimum atomic E-state index is -1.01. The Morgan fingerprint density at radius 2 is 1.71 bits per heavy atom. The molecule has 0 radical (unpaired) electrons. The van der Waals surface area contributed by atoms with Crippen molar-refractivity contribution in [1.82, 2.24) is 10.6 Å². The number of hydrogen-bond donors (Lipinski definition) is 3. The quantitative estimate of drug-likeness (QED) is 0.433. The number of fused-ring (bicyclic) bond motifs is 1. The lowest BCUT2D eigenvalue weighted by atomic mass is 10.0. The molecule has 1 saturated heterocycles. The van der Waals surface area contributed by atoms with Gasteiger partial charge in [-0.15, -0.1) is 11.8 Å². The number of rotatable bonds is 6. The number of halogens is 1. The molecule has 3 aromatic carbocycles. The summed E-state index contributed by atoms with van der Waals surface area (Å²) in [5.41, 5.74) is 1.96. The molecule has 0 spiro atoms. The number of thioether (sulfide) groups is 1. The van der Waals surface area contributed by atoms with Crippen LogP contribution >= 0.6 is 23.4 Å². The second kappa shape index (κ2) is 11.3. The third-order valence-corrected chi connectivity index (χ3v) is 8.01. The zero-order valence-corrected chi connectivity index (χ0v) is 21.8. The fraction of sp³-hybridized carbons (Fsp3) is 0.214. The molecule has 4 amide bonds. The predicted octanol–water partition coefficient (Wildman–Crippen LogP) is 3.92. The Bertz CT molecular complexity index is 1370. The highest BCUT2D eigenvalue weighted by molar-refractivity contribution is 7.99. The summed E-state index contributed by atoms with van der Waals surface area (Å²) in [5, 5.41) is 8.35. The van der Waals surface area contributed by atoms with Gasteiger partial charge in [0, 0.05) is 22.0 Å².